The molecule has 0 aliphatic carbocycles. The number of amides is 1. The van der Waals surface area contributed by atoms with Gasteiger partial charge in [0.1, 0.15) is 5.54 Å². The molecule has 16 heavy (non-hydrogen) atoms. The minimum atomic E-state index is -1.24. The van der Waals surface area contributed by atoms with E-state index in [-0.39, 0.29) is 18.6 Å². The highest BCUT2D eigenvalue weighted by Gasteiger charge is 2.38. The number of nitrogens with one attached hydrogen (secondary N) is 1. The van der Waals surface area contributed by atoms with Gasteiger partial charge < -0.3 is 20.9 Å². The average molecular weight is 230 g/mol. The second-order valence-corrected chi connectivity index (χ2v) is 4.29. The van der Waals surface area contributed by atoms with Gasteiger partial charge in [-0.1, -0.05) is 6.92 Å². The first-order valence-electron chi connectivity index (χ1n) is 5.29. The Kier molecular flexibility index (Phi) is 3.88. The van der Waals surface area contributed by atoms with E-state index in [0.29, 0.717) is 13.0 Å². The third kappa shape index (κ3) is 2.51. The minimum absolute atomic E-state index is 0.256. The quantitative estimate of drug-likeness (QED) is 0.594. The average Bonchev–Trinajstić information content (AvgIpc) is 2.64. The summed E-state index contributed by atoms with van der Waals surface area (Å²) in [6, 6.07) is -0.352. The van der Waals surface area contributed by atoms with Crippen LogP contribution in [0.3, 0.4) is 0 Å². The van der Waals surface area contributed by atoms with Gasteiger partial charge in [0, 0.05) is 6.04 Å². The summed E-state index contributed by atoms with van der Waals surface area (Å²) >= 11 is 0. The van der Waals surface area contributed by atoms with Crippen molar-refractivity contribution < 1.29 is 19.4 Å². The fourth-order valence-corrected chi connectivity index (χ4v) is 1.50. The summed E-state index contributed by atoms with van der Waals surface area (Å²) in [5.41, 5.74) is 4.45. The molecule has 0 saturated carbocycles. The summed E-state index contributed by atoms with van der Waals surface area (Å²) in [6.07, 6.45) is 0.316. The number of carboxylic acid groups (broad SMARTS) is 1. The Morgan fingerprint density at radius 3 is 2.56 bits per heavy atom. The highest BCUT2D eigenvalue weighted by atomic mass is 16.5. The van der Waals surface area contributed by atoms with Crippen molar-refractivity contribution in [2.24, 2.45) is 11.7 Å². The summed E-state index contributed by atoms with van der Waals surface area (Å²) in [5.74, 6) is -1.85. The SMILES string of the molecule is CCC(C)(NC(=O)C1COCC1N)C(=O)O. The van der Waals surface area contributed by atoms with Crippen molar-refractivity contribution in [2.75, 3.05) is 13.2 Å². The third-order valence-corrected chi connectivity index (χ3v) is 3.04. The lowest BCUT2D eigenvalue weighted by molar-refractivity contribution is -0.147. The van der Waals surface area contributed by atoms with Gasteiger partial charge in [-0.3, -0.25) is 4.79 Å². The van der Waals surface area contributed by atoms with E-state index in [1.54, 1.807) is 6.92 Å². The van der Waals surface area contributed by atoms with E-state index in [0.717, 1.165) is 0 Å². The van der Waals surface area contributed by atoms with Gasteiger partial charge in [0.15, 0.2) is 0 Å². The van der Waals surface area contributed by atoms with Gasteiger partial charge in [0.05, 0.1) is 19.1 Å². The van der Waals surface area contributed by atoms with Crippen molar-refractivity contribution in [1.29, 1.82) is 0 Å². The van der Waals surface area contributed by atoms with Gasteiger partial charge >= 0.3 is 5.97 Å². The molecule has 1 rings (SSSR count). The lowest BCUT2D eigenvalue weighted by atomic mass is 9.96. The van der Waals surface area contributed by atoms with E-state index < -0.39 is 17.4 Å². The number of ether oxygens (including phenoxy) is 1. The minimum Gasteiger partial charge on any atom is -0.480 e. The Hall–Kier alpha value is -1.14. The summed E-state index contributed by atoms with van der Waals surface area (Å²) < 4.78 is 5.07. The van der Waals surface area contributed by atoms with Crippen LogP contribution in [0, 0.1) is 5.92 Å². The van der Waals surface area contributed by atoms with Gasteiger partial charge in [-0.2, -0.15) is 0 Å². The van der Waals surface area contributed by atoms with E-state index in [1.807, 2.05) is 0 Å². The highest BCUT2D eigenvalue weighted by molar-refractivity contribution is 5.88. The zero-order valence-corrected chi connectivity index (χ0v) is 9.53. The Bertz CT molecular complexity index is 295. The first-order chi connectivity index (χ1) is 7.40. The van der Waals surface area contributed by atoms with Crippen LogP contribution in [0.2, 0.25) is 0 Å². The smallest absolute Gasteiger partial charge is 0.329 e. The molecule has 1 amide bonds. The van der Waals surface area contributed by atoms with Crippen molar-refractivity contribution in [3.63, 3.8) is 0 Å². The molecule has 4 N–H and O–H groups in total. The number of carbonyl (C=O) groups excluding carboxylic acids is 1. The van der Waals surface area contributed by atoms with Crippen LogP contribution in [-0.4, -0.2) is 41.8 Å². The van der Waals surface area contributed by atoms with Crippen LogP contribution in [-0.2, 0) is 14.3 Å². The highest BCUT2D eigenvalue weighted by Crippen LogP contribution is 2.15. The van der Waals surface area contributed by atoms with E-state index in [1.165, 1.54) is 6.92 Å². The molecule has 1 aliphatic rings. The molecule has 0 bridgehead atoms. The first kappa shape index (κ1) is 12.9. The lowest BCUT2D eigenvalue weighted by Gasteiger charge is -2.26. The predicted molar refractivity (Wildman–Crippen MR) is 56.8 cm³/mol. The van der Waals surface area contributed by atoms with Crippen LogP contribution >= 0.6 is 0 Å². The van der Waals surface area contributed by atoms with Crippen molar-refractivity contribution in [3.05, 3.63) is 0 Å². The fourth-order valence-electron chi connectivity index (χ4n) is 1.50. The number of rotatable bonds is 4. The molecule has 1 heterocycles. The second-order valence-electron chi connectivity index (χ2n) is 4.29. The number of hydrogen-bond donors (Lipinski definition) is 3. The molecule has 1 saturated heterocycles. The standard InChI is InChI=1S/C10H18N2O4/c1-3-10(2,9(14)15)12-8(13)6-4-16-5-7(6)11/h6-7H,3-5,11H2,1-2H3,(H,12,13)(H,14,15). The van der Waals surface area contributed by atoms with Crippen molar-refractivity contribution in [3.8, 4) is 0 Å². The van der Waals surface area contributed by atoms with Crippen molar-refractivity contribution in [2.45, 2.75) is 31.8 Å². The molecule has 6 heteroatoms. The van der Waals surface area contributed by atoms with Crippen molar-refractivity contribution >= 4 is 11.9 Å². The van der Waals surface area contributed by atoms with Crippen molar-refractivity contribution in [1.82, 2.24) is 5.32 Å². The molecular weight excluding hydrogens is 212 g/mol. The van der Waals surface area contributed by atoms with Crippen LogP contribution in [0.4, 0.5) is 0 Å². The maximum atomic E-state index is 11.8. The fraction of sp³-hybridized carbons (Fsp3) is 0.800. The van der Waals surface area contributed by atoms with Gasteiger partial charge in [0.2, 0.25) is 5.91 Å². The van der Waals surface area contributed by atoms with Crippen LogP contribution < -0.4 is 11.1 Å². The molecule has 1 fully saturated rings. The Balaban J connectivity index is 2.65. The summed E-state index contributed by atoms with van der Waals surface area (Å²) in [5, 5.41) is 11.5. The largest absolute Gasteiger partial charge is 0.480 e. The van der Waals surface area contributed by atoms with Crippen LogP contribution in [0.15, 0.2) is 0 Å². The number of carboxylic acids is 1. The molecule has 0 spiro atoms. The number of aliphatic carboxylic acids is 1. The lowest BCUT2D eigenvalue weighted by Crippen LogP contribution is -2.55. The molecule has 0 aromatic heterocycles. The monoisotopic (exact) mass is 230 g/mol. The molecule has 3 atom stereocenters. The molecule has 0 radical (unpaired) electrons. The van der Waals surface area contributed by atoms with Crippen LogP contribution in [0.25, 0.3) is 0 Å². The summed E-state index contributed by atoms with van der Waals surface area (Å²) in [6.45, 7) is 3.79. The van der Waals surface area contributed by atoms with E-state index in [9.17, 15) is 9.59 Å². The Morgan fingerprint density at radius 2 is 2.19 bits per heavy atom. The summed E-state index contributed by atoms with van der Waals surface area (Å²) in [4.78, 5) is 22.8. The number of carbonyl (C=O) groups is 2. The van der Waals surface area contributed by atoms with Gasteiger partial charge in [0.25, 0.3) is 0 Å². The third-order valence-electron chi connectivity index (χ3n) is 3.04. The summed E-state index contributed by atoms with van der Waals surface area (Å²) in [7, 11) is 0. The maximum absolute atomic E-state index is 11.8. The van der Waals surface area contributed by atoms with Gasteiger partial charge in [-0.25, -0.2) is 4.79 Å². The van der Waals surface area contributed by atoms with Crippen LogP contribution in [0.1, 0.15) is 20.3 Å². The molecule has 0 aromatic carbocycles. The predicted octanol–water partition coefficient (Wildman–Crippen LogP) is -0.670. The van der Waals surface area contributed by atoms with E-state index in [2.05, 4.69) is 5.32 Å². The zero-order chi connectivity index (χ0) is 12.3. The molecule has 1 aliphatic heterocycles. The number of nitrogens with two attached hydrogens (primary N) is 1. The first-order valence-corrected chi connectivity index (χ1v) is 5.29. The van der Waals surface area contributed by atoms with Gasteiger partial charge in [-0.05, 0) is 13.3 Å². The Labute approximate surface area is 94.1 Å². The molecule has 92 valence electrons. The second kappa shape index (κ2) is 4.80. The zero-order valence-electron chi connectivity index (χ0n) is 9.53. The Morgan fingerprint density at radius 1 is 1.56 bits per heavy atom. The molecular formula is C10H18N2O4. The molecule has 0 aromatic rings. The van der Waals surface area contributed by atoms with E-state index in [4.69, 9.17) is 15.6 Å². The number of hydrogen-bond acceptors (Lipinski definition) is 4. The topological polar surface area (TPSA) is 102 Å². The van der Waals surface area contributed by atoms with Gasteiger partial charge in [-0.15, -0.1) is 0 Å². The maximum Gasteiger partial charge on any atom is 0.329 e. The van der Waals surface area contributed by atoms with Crippen LogP contribution in [0.5, 0.6) is 0 Å². The molecule has 3 unspecified atom stereocenters. The normalized spacial score (nSPS) is 28.4. The molecule has 6 nitrogen and oxygen atoms in total. The van der Waals surface area contributed by atoms with E-state index >= 15 is 0 Å².